The Morgan fingerprint density at radius 3 is 2.50 bits per heavy atom. The number of rotatable bonds is 5. The van der Waals surface area contributed by atoms with E-state index in [1.807, 2.05) is 48.5 Å². The number of nitrogen functional groups attached to an aromatic ring is 1. The van der Waals surface area contributed by atoms with Gasteiger partial charge in [-0.15, -0.1) is 0 Å². The van der Waals surface area contributed by atoms with E-state index >= 15 is 0 Å². The molecule has 0 radical (unpaired) electrons. The summed E-state index contributed by atoms with van der Waals surface area (Å²) in [6, 6.07) is 15.3. The monoisotopic (exact) mass is 385 g/mol. The largest absolute Gasteiger partial charge is 0.495 e. The molecular weight excluding hydrogens is 370 g/mol. The number of methoxy groups -OCH3 is 1. The van der Waals surface area contributed by atoms with Crippen molar-refractivity contribution in [3.63, 3.8) is 0 Å². The lowest BCUT2D eigenvalue weighted by atomic mass is 10.3. The number of para-hydroxylation sites is 2. The average molecular weight is 386 g/mol. The number of benzene rings is 2. The lowest BCUT2D eigenvalue weighted by Crippen LogP contribution is -2.05. The van der Waals surface area contributed by atoms with Crippen LogP contribution in [-0.2, 0) is 0 Å². The van der Waals surface area contributed by atoms with E-state index in [0.717, 1.165) is 15.8 Å². The number of halogens is 1. The number of nitrogens with two attached hydrogens (primary N) is 1. The normalized spacial score (nSPS) is 10.2. The molecule has 0 saturated carbocycles. The van der Waals surface area contributed by atoms with Crippen molar-refractivity contribution in [1.29, 1.82) is 0 Å². The first-order chi connectivity index (χ1) is 11.7. The van der Waals surface area contributed by atoms with Gasteiger partial charge in [-0.1, -0.05) is 34.1 Å². The topological polar surface area (TPSA) is 85.1 Å². The summed E-state index contributed by atoms with van der Waals surface area (Å²) in [5.41, 5.74) is 8.28. The highest BCUT2D eigenvalue weighted by molar-refractivity contribution is 9.10. The van der Waals surface area contributed by atoms with Gasteiger partial charge in [0.2, 0.25) is 0 Å². The molecule has 0 aliphatic carbocycles. The molecule has 122 valence electrons. The van der Waals surface area contributed by atoms with Crippen molar-refractivity contribution >= 4 is 44.6 Å². The van der Waals surface area contributed by atoms with E-state index in [4.69, 9.17) is 10.5 Å². The lowest BCUT2D eigenvalue weighted by Gasteiger charge is -2.14. The Morgan fingerprint density at radius 1 is 1.00 bits per heavy atom. The Morgan fingerprint density at radius 2 is 1.75 bits per heavy atom. The highest BCUT2D eigenvalue weighted by atomic mass is 79.9. The Bertz CT molecular complexity index is 856. The fourth-order valence-electron chi connectivity index (χ4n) is 2.17. The summed E-state index contributed by atoms with van der Waals surface area (Å²) in [4.78, 5) is 8.43. The quantitative estimate of drug-likeness (QED) is 0.606. The fraction of sp³-hybridized carbons (Fsp3) is 0.0588. The summed E-state index contributed by atoms with van der Waals surface area (Å²) in [7, 11) is 1.62. The molecule has 0 bridgehead atoms. The highest BCUT2D eigenvalue weighted by Crippen LogP contribution is 2.32. The number of nitrogens with one attached hydrogen (secondary N) is 2. The van der Waals surface area contributed by atoms with Gasteiger partial charge in [0.05, 0.1) is 12.8 Å². The first kappa shape index (κ1) is 16.1. The number of nitrogens with zero attached hydrogens (tertiary/aromatic N) is 2. The Kier molecular flexibility index (Phi) is 4.81. The van der Waals surface area contributed by atoms with Crippen molar-refractivity contribution in [2.75, 3.05) is 23.5 Å². The summed E-state index contributed by atoms with van der Waals surface area (Å²) in [5.74, 6) is 1.74. The van der Waals surface area contributed by atoms with Gasteiger partial charge in [-0.3, -0.25) is 0 Å². The first-order valence-corrected chi connectivity index (χ1v) is 8.00. The highest BCUT2D eigenvalue weighted by Gasteiger charge is 2.10. The van der Waals surface area contributed by atoms with Crippen LogP contribution in [-0.4, -0.2) is 17.1 Å². The van der Waals surface area contributed by atoms with Gasteiger partial charge in [-0.05, 0) is 30.3 Å². The van der Waals surface area contributed by atoms with Crippen molar-refractivity contribution < 1.29 is 4.74 Å². The average Bonchev–Trinajstić information content (AvgIpc) is 2.59. The van der Waals surface area contributed by atoms with Gasteiger partial charge in [-0.2, -0.15) is 0 Å². The SMILES string of the molecule is COc1ccccc1Nc1ncnc(Nc2cccc(Br)c2)c1N. The van der Waals surface area contributed by atoms with Crippen LogP contribution in [0.15, 0.2) is 59.3 Å². The lowest BCUT2D eigenvalue weighted by molar-refractivity contribution is 0.417. The first-order valence-electron chi connectivity index (χ1n) is 7.20. The minimum Gasteiger partial charge on any atom is -0.495 e. The van der Waals surface area contributed by atoms with Crippen LogP contribution in [0.25, 0.3) is 0 Å². The van der Waals surface area contributed by atoms with Gasteiger partial charge in [0.1, 0.15) is 17.8 Å². The number of hydrogen-bond acceptors (Lipinski definition) is 6. The Labute approximate surface area is 148 Å². The summed E-state index contributed by atoms with van der Waals surface area (Å²) in [6.07, 6.45) is 1.45. The second-order valence-electron chi connectivity index (χ2n) is 4.95. The van der Waals surface area contributed by atoms with Crippen molar-refractivity contribution in [2.45, 2.75) is 0 Å². The molecule has 1 heterocycles. The zero-order chi connectivity index (χ0) is 16.9. The van der Waals surface area contributed by atoms with E-state index in [9.17, 15) is 0 Å². The van der Waals surface area contributed by atoms with Crippen LogP contribution in [0.1, 0.15) is 0 Å². The van der Waals surface area contributed by atoms with E-state index in [0.29, 0.717) is 23.1 Å². The minimum atomic E-state index is 0.420. The third-order valence-electron chi connectivity index (χ3n) is 3.33. The van der Waals surface area contributed by atoms with Crippen molar-refractivity contribution in [2.24, 2.45) is 0 Å². The van der Waals surface area contributed by atoms with Crippen LogP contribution in [0.2, 0.25) is 0 Å². The second kappa shape index (κ2) is 7.18. The molecule has 0 fully saturated rings. The Balaban J connectivity index is 1.88. The van der Waals surface area contributed by atoms with Crippen LogP contribution in [0.3, 0.4) is 0 Å². The fourth-order valence-corrected chi connectivity index (χ4v) is 2.57. The molecule has 0 saturated heterocycles. The van der Waals surface area contributed by atoms with Gasteiger partial charge in [0.25, 0.3) is 0 Å². The third kappa shape index (κ3) is 3.57. The maximum Gasteiger partial charge on any atom is 0.159 e. The second-order valence-corrected chi connectivity index (χ2v) is 5.86. The van der Waals surface area contributed by atoms with E-state index in [1.165, 1.54) is 6.33 Å². The van der Waals surface area contributed by atoms with Crippen LogP contribution in [0, 0.1) is 0 Å². The van der Waals surface area contributed by atoms with E-state index in [-0.39, 0.29) is 0 Å². The molecule has 0 aliphatic heterocycles. The molecule has 0 atom stereocenters. The van der Waals surface area contributed by atoms with Gasteiger partial charge in [0, 0.05) is 10.2 Å². The zero-order valence-corrected chi connectivity index (χ0v) is 14.5. The predicted molar refractivity (Wildman–Crippen MR) is 100 cm³/mol. The molecule has 24 heavy (non-hydrogen) atoms. The van der Waals surface area contributed by atoms with Gasteiger partial charge >= 0.3 is 0 Å². The molecule has 0 amide bonds. The molecule has 2 aromatic carbocycles. The van der Waals surface area contributed by atoms with Crippen LogP contribution < -0.4 is 21.1 Å². The molecule has 7 heteroatoms. The maximum atomic E-state index is 6.21. The van der Waals surface area contributed by atoms with Gasteiger partial charge < -0.3 is 21.1 Å². The molecule has 4 N–H and O–H groups in total. The van der Waals surface area contributed by atoms with Crippen LogP contribution >= 0.6 is 15.9 Å². The van der Waals surface area contributed by atoms with Crippen molar-refractivity contribution in [3.05, 3.63) is 59.3 Å². The summed E-state index contributed by atoms with van der Waals surface area (Å²) in [5, 5.41) is 6.37. The van der Waals surface area contributed by atoms with Gasteiger partial charge in [-0.25, -0.2) is 9.97 Å². The summed E-state index contributed by atoms with van der Waals surface area (Å²) in [6.45, 7) is 0. The molecule has 0 aliphatic rings. The molecule has 0 spiro atoms. The number of anilines is 5. The minimum absolute atomic E-state index is 0.420. The zero-order valence-electron chi connectivity index (χ0n) is 13.0. The molecule has 3 aromatic rings. The molecule has 0 unspecified atom stereocenters. The van der Waals surface area contributed by atoms with Crippen molar-refractivity contribution in [1.82, 2.24) is 9.97 Å². The van der Waals surface area contributed by atoms with Crippen LogP contribution in [0.5, 0.6) is 5.75 Å². The molecular formula is C17H16BrN5O. The number of ether oxygens (including phenoxy) is 1. The third-order valence-corrected chi connectivity index (χ3v) is 3.82. The maximum absolute atomic E-state index is 6.21. The molecule has 3 rings (SSSR count). The molecule has 1 aromatic heterocycles. The Hall–Kier alpha value is -2.80. The summed E-state index contributed by atoms with van der Waals surface area (Å²) < 4.78 is 6.29. The van der Waals surface area contributed by atoms with E-state index in [2.05, 4.69) is 36.5 Å². The molecule has 6 nitrogen and oxygen atoms in total. The number of aromatic nitrogens is 2. The predicted octanol–water partition coefficient (Wildman–Crippen LogP) is 4.32. The summed E-state index contributed by atoms with van der Waals surface area (Å²) >= 11 is 3.44. The van der Waals surface area contributed by atoms with E-state index < -0.39 is 0 Å². The van der Waals surface area contributed by atoms with Gasteiger partial charge in [0.15, 0.2) is 11.6 Å². The van der Waals surface area contributed by atoms with E-state index in [1.54, 1.807) is 7.11 Å². The number of hydrogen-bond donors (Lipinski definition) is 3. The standard InChI is InChI=1S/C17H16BrN5O/c1-24-14-8-3-2-7-13(14)23-17-15(19)16(20-10-21-17)22-12-6-4-5-11(18)9-12/h2-10H,19H2,1H3,(H2,20,21,22,23). The van der Waals surface area contributed by atoms with Crippen LogP contribution in [0.4, 0.5) is 28.7 Å². The van der Waals surface area contributed by atoms with Crippen molar-refractivity contribution in [3.8, 4) is 5.75 Å². The smallest absolute Gasteiger partial charge is 0.159 e.